The van der Waals surface area contributed by atoms with E-state index in [0.717, 1.165) is 48.1 Å². The molecule has 28 nitrogen and oxygen atoms in total. The molecule has 118 heavy (non-hydrogen) atoms. The fourth-order valence-electron chi connectivity index (χ4n) is 13.8. The monoisotopic (exact) mass is 1630 g/mol. The Morgan fingerprint density at radius 3 is 1.03 bits per heavy atom. The molecular formula is C85H111F5N20O8. The normalized spacial score (nSPS) is 20.7. The highest BCUT2D eigenvalue weighted by Crippen LogP contribution is 2.46. The number of nitriles is 4. The number of aliphatic hydroxyl groups excluding tert-OH is 5. The predicted octanol–water partition coefficient (Wildman–Crippen LogP) is 14.0. The summed E-state index contributed by atoms with van der Waals surface area (Å²) >= 11 is 0. The van der Waals surface area contributed by atoms with Crippen molar-refractivity contribution in [3.05, 3.63) is 172 Å². The summed E-state index contributed by atoms with van der Waals surface area (Å²) in [6, 6.07) is 36.8. The summed E-state index contributed by atoms with van der Waals surface area (Å²) in [7, 11) is 0. The minimum atomic E-state index is -4.71. The number of rotatable bonds is 30. The Morgan fingerprint density at radius 2 is 0.737 bits per heavy atom. The number of nitrogens with one attached hydrogen (secondary N) is 8. The van der Waals surface area contributed by atoms with E-state index in [9.17, 15) is 63.4 Å². The maximum Gasteiger partial charge on any atom is 0.573 e. The van der Waals surface area contributed by atoms with Gasteiger partial charge < -0.3 is 82.3 Å². The van der Waals surface area contributed by atoms with Crippen LogP contribution in [0.3, 0.4) is 0 Å². The average Bonchev–Trinajstić information content (AvgIpc) is 0.787. The number of aromatic nitrogens is 8. The Labute approximate surface area is 689 Å². The van der Waals surface area contributed by atoms with E-state index in [-0.39, 0.29) is 81.8 Å². The number of ether oxygens (including phenoxy) is 3. The second kappa shape index (κ2) is 39.1. The molecular weight excluding hydrogens is 1520 g/mol. The molecule has 8 atom stereocenters. The molecule has 4 aromatic heterocycles. The molecule has 8 aromatic rings. The van der Waals surface area contributed by atoms with Crippen LogP contribution in [0.2, 0.25) is 0 Å². The van der Waals surface area contributed by atoms with E-state index < -0.39 is 24.7 Å². The van der Waals surface area contributed by atoms with Crippen LogP contribution in [0.4, 0.5) is 69.0 Å². The van der Waals surface area contributed by atoms with Crippen molar-refractivity contribution in [3.63, 3.8) is 0 Å². The van der Waals surface area contributed by atoms with Gasteiger partial charge in [-0.1, -0.05) is 122 Å². The van der Waals surface area contributed by atoms with Gasteiger partial charge in [-0.05, 0) is 135 Å². The van der Waals surface area contributed by atoms with Crippen molar-refractivity contribution in [2.45, 2.75) is 213 Å². The number of nitrogens with zero attached hydrogens (tertiary/aromatic N) is 12. The molecule has 13 N–H and O–H groups in total. The van der Waals surface area contributed by atoms with Crippen molar-refractivity contribution in [1.82, 2.24) is 39.9 Å². The van der Waals surface area contributed by atoms with E-state index in [1.807, 2.05) is 97.9 Å². The van der Waals surface area contributed by atoms with Gasteiger partial charge in [0.25, 0.3) is 0 Å². The number of hydrogen-bond donors (Lipinski definition) is 13. The van der Waals surface area contributed by atoms with E-state index in [2.05, 4.69) is 117 Å². The Morgan fingerprint density at radius 1 is 0.432 bits per heavy atom. The summed E-state index contributed by atoms with van der Waals surface area (Å²) in [5.41, 5.74) is 4.94. The lowest BCUT2D eigenvalue weighted by Gasteiger charge is -2.49. The van der Waals surface area contributed by atoms with Crippen LogP contribution in [0, 0.1) is 67.0 Å². The Bertz CT molecular complexity index is 4860. The number of halogens is 5. The first kappa shape index (κ1) is 88.8. The fourth-order valence-corrected chi connectivity index (χ4v) is 13.8. The predicted molar refractivity (Wildman–Crippen MR) is 444 cm³/mol. The van der Waals surface area contributed by atoms with Crippen LogP contribution in [-0.4, -0.2) is 159 Å². The summed E-state index contributed by atoms with van der Waals surface area (Å²) in [4.78, 5) is 34.4. The highest BCUT2D eigenvalue weighted by atomic mass is 19.4. The minimum absolute atomic E-state index is 0. The third kappa shape index (κ3) is 23.8. The molecule has 0 aliphatic heterocycles. The maximum absolute atomic E-state index is 13.2. The molecule has 13 rings (SSSR count). The van der Waals surface area contributed by atoms with Crippen LogP contribution < -0.4 is 56.7 Å². The van der Waals surface area contributed by atoms with Gasteiger partial charge in [0.1, 0.15) is 87.1 Å². The third-order valence-electron chi connectivity index (χ3n) is 22.7. The van der Waals surface area contributed by atoms with E-state index in [1.54, 1.807) is 30.3 Å². The SMILES string of the molecule is CC(F)(F)Oc1ccccc1CCNc1ncc(C#N)c(N[C@@H]2C[C@H](O)C2(C)C)n1.CC1(C)[C@@H](O)C[C@H]1Nc1nc(NCCc2ccc(CO)cc2)ncc1C#N.CC1(C)[C@@H](O)C[C@H]1Nc1nc(NCCc2ccc(OC(F)(F)F)cc2)ncc1C#N.CC1(C)[C@@H](O)C[C@H]1Nc1nc(NCCc2ccc(OC3CCCC3)cc2)ncc1C#N.[HH].[HH].[HH].[HH]. The van der Waals surface area contributed by atoms with Crippen molar-refractivity contribution in [2.24, 2.45) is 21.7 Å². The zero-order valence-electron chi connectivity index (χ0n) is 67.5. The van der Waals surface area contributed by atoms with Crippen molar-refractivity contribution in [3.8, 4) is 41.5 Å². The number of anilines is 8. The van der Waals surface area contributed by atoms with Gasteiger partial charge in [0.15, 0.2) is 0 Å². The van der Waals surface area contributed by atoms with Gasteiger partial charge in [0.05, 0.1) is 61.9 Å². The zero-order valence-corrected chi connectivity index (χ0v) is 67.5. The van der Waals surface area contributed by atoms with Crippen molar-refractivity contribution in [1.29, 1.82) is 21.0 Å². The summed E-state index contributed by atoms with van der Waals surface area (Å²) < 4.78 is 77.6. The summed E-state index contributed by atoms with van der Waals surface area (Å²) in [5, 5.41) is 112. The van der Waals surface area contributed by atoms with Gasteiger partial charge in [-0.3, -0.25) is 0 Å². The molecule has 33 heteroatoms. The second-order valence-corrected chi connectivity index (χ2v) is 32.4. The molecule has 4 heterocycles. The summed E-state index contributed by atoms with van der Waals surface area (Å²) in [6.07, 6.45) is 6.62. The van der Waals surface area contributed by atoms with Crippen LogP contribution in [0.25, 0.3) is 0 Å². The lowest BCUT2D eigenvalue weighted by Crippen LogP contribution is -2.57. The van der Waals surface area contributed by atoms with E-state index in [0.29, 0.717) is 153 Å². The molecule has 5 aliphatic carbocycles. The van der Waals surface area contributed by atoms with Crippen molar-refractivity contribution >= 4 is 47.1 Å². The van der Waals surface area contributed by atoms with Crippen LogP contribution in [0.1, 0.15) is 169 Å². The number of para-hydroxylation sites is 1. The standard InChI is InChI=1S/C24H31N5O2.C21H25F2N5O2.C20H22F3N5O2.C20H25N5O2.4H2/c1-24(2)20(13-21(24)30)28-22-17(14-25)15-27-23(29-22)26-12-11-16-7-9-19(10-8-16)31-18-5-3-4-6-18;1-20(2)16(10-17(20)29)27-18-14(11-24)12-26-19(28-18)25-9-8-13-6-4-5-7-15(13)30-21(3,22)23;1-19(2)15(9-16(19)29)27-17-13(10-24)11-26-18(28-17)25-8-7-12-3-5-14(6-4-12)30-20(21,22)23;1-20(2)16(9-17(20)27)24-18-15(10-21)11-23-19(25-18)22-8-7-13-3-5-14(12-26)6-4-13;;;;/h7-10,15,18,20-21,30H,3-6,11-13H2,1-2H3,(H2,26,27,28,29);4-7,12,16-17,29H,8-10H2,1-3H3,(H2,25,26,27,28);3-6,11,15-16,29H,7-9H2,1-2H3,(H2,25,26,27,28);3-6,11,16-17,26-27H,7-9,12H2,1-2H3,(H2,22,23,24,25);4*1H/t20-,21+;16-,17+;15-,16+;16-,17+;;;;/m1111..../s1. The molecule has 0 saturated heterocycles. The lowest BCUT2D eigenvalue weighted by molar-refractivity contribution is -0.274. The van der Waals surface area contributed by atoms with Crippen molar-refractivity contribution in [2.75, 3.05) is 68.7 Å². The van der Waals surface area contributed by atoms with Crippen LogP contribution in [0.15, 0.2) is 122 Å². The van der Waals surface area contributed by atoms with Gasteiger partial charge in [-0.25, -0.2) is 19.9 Å². The van der Waals surface area contributed by atoms with E-state index >= 15 is 0 Å². The van der Waals surface area contributed by atoms with E-state index in [1.165, 1.54) is 61.4 Å². The van der Waals surface area contributed by atoms with Crippen molar-refractivity contribution < 1.29 is 67.4 Å². The van der Waals surface area contributed by atoms with Gasteiger partial charge >= 0.3 is 12.5 Å². The molecule has 0 bridgehead atoms. The molecule has 5 saturated carbocycles. The van der Waals surface area contributed by atoms with Gasteiger partial charge in [0.2, 0.25) is 23.8 Å². The van der Waals surface area contributed by atoms with Gasteiger partial charge in [-0.2, -0.15) is 49.8 Å². The topological polar surface area (TPSA) is 423 Å². The van der Waals surface area contributed by atoms with Crippen LogP contribution in [-0.2, 0) is 32.3 Å². The molecule has 5 aliphatic rings. The van der Waals surface area contributed by atoms with E-state index in [4.69, 9.17) is 14.6 Å². The number of hydrogen-bond acceptors (Lipinski definition) is 28. The van der Waals surface area contributed by atoms with Crippen LogP contribution in [0.5, 0.6) is 17.2 Å². The van der Waals surface area contributed by atoms with Crippen LogP contribution >= 0.6 is 0 Å². The number of alkyl halides is 5. The summed E-state index contributed by atoms with van der Waals surface area (Å²) in [5.74, 6) is 4.18. The summed E-state index contributed by atoms with van der Waals surface area (Å²) in [6.45, 7) is 18.7. The molecule has 0 amide bonds. The molecule has 0 spiro atoms. The average molecular weight is 1640 g/mol. The molecule has 0 unspecified atom stereocenters. The molecule has 0 radical (unpaired) electrons. The first-order valence-corrected chi connectivity index (χ1v) is 39.3. The maximum atomic E-state index is 13.2. The number of aliphatic hydroxyl groups is 5. The van der Waals surface area contributed by atoms with Gasteiger partial charge in [-0.15, -0.1) is 13.2 Å². The lowest BCUT2D eigenvalue weighted by atomic mass is 9.64. The minimum Gasteiger partial charge on any atom is -0.490 e. The smallest absolute Gasteiger partial charge is 0.490 e. The Balaban J connectivity index is 0.000000249. The van der Waals surface area contributed by atoms with Gasteiger partial charge in [0, 0.05) is 84.6 Å². The fraction of sp³-hybridized carbons (Fsp3) is 0.482. The third-order valence-corrected chi connectivity index (χ3v) is 22.7. The molecule has 634 valence electrons. The Hall–Kier alpha value is -11.6. The zero-order chi connectivity index (χ0) is 85.2. The Kier molecular flexibility index (Phi) is 29.4. The first-order chi connectivity index (χ1) is 56.1. The molecule has 4 aromatic carbocycles. The second-order valence-electron chi connectivity index (χ2n) is 32.4. The largest absolute Gasteiger partial charge is 0.573 e. The highest BCUT2D eigenvalue weighted by molar-refractivity contribution is 5.58. The number of benzene rings is 4. The first-order valence-electron chi connectivity index (χ1n) is 39.3. The molecule has 5 fully saturated rings. The quantitative estimate of drug-likeness (QED) is 0.0186. The highest BCUT2D eigenvalue weighted by Gasteiger charge is 2.51.